The van der Waals surface area contributed by atoms with Gasteiger partial charge < -0.3 is 36.9 Å². The van der Waals surface area contributed by atoms with E-state index in [1.165, 1.54) is 103 Å². The van der Waals surface area contributed by atoms with Crippen molar-refractivity contribution in [1.82, 2.24) is 16.0 Å². The van der Waals surface area contributed by atoms with Gasteiger partial charge in [-0.3, -0.25) is 28.0 Å². The number of esters is 2. The Morgan fingerprint density at radius 2 is 1.05 bits per heavy atom. The van der Waals surface area contributed by atoms with Crippen LogP contribution in [0.2, 0.25) is 0 Å². The highest BCUT2D eigenvalue weighted by molar-refractivity contribution is 7.48. The second-order valence-electron chi connectivity index (χ2n) is 16.1. The van der Waals surface area contributed by atoms with Gasteiger partial charge >= 0.3 is 19.8 Å². The molecule has 14 nitrogen and oxygen atoms in total. The molecule has 0 aromatic carbocycles. The van der Waals surface area contributed by atoms with Gasteiger partial charge in [0, 0.05) is 26.5 Å². The van der Waals surface area contributed by atoms with Crippen molar-refractivity contribution in [3.63, 3.8) is 0 Å². The van der Waals surface area contributed by atoms with Crippen LogP contribution < -0.4 is 27.4 Å². The van der Waals surface area contributed by atoms with E-state index >= 15 is 0 Å². The Labute approximate surface area is 366 Å². The number of amides is 1. The third kappa shape index (κ3) is 38.1. The maximum absolute atomic E-state index is 13.4. The highest BCUT2D eigenvalue weighted by Gasteiger charge is 2.29. The Morgan fingerprint density at radius 1 is 0.567 bits per heavy atom. The third-order valence-corrected chi connectivity index (χ3v) is 11.9. The molecule has 7 N–H and O–H groups in total. The van der Waals surface area contributed by atoms with Gasteiger partial charge in [0.15, 0.2) is 6.10 Å². The van der Waals surface area contributed by atoms with Crippen molar-refractivity contribution in [1.29, 1.82) is 0 Å². The normalized spacial score (nSPS) is 13.5. The van der Waals surface area contributed by atoms with Crippen LogP contribution in [0.3, 0.4) is 0 Å². The molecule has 0 aromatic heterocycles. The number of nitrogens with one attached hydrogen (secondary N) is 3. The summed E-state index contributed by atoms with van der Waals surface area (Å²) in [5.41, 5.74) is 11.2. The van der Waals surface area contributed by atoms with Crippen LogP contribution in [0.5, 0.6) is 0 Å². The molecule has 0 rings (SSSR count). The van der Waals surface area contributed by atoms with Crippen molar-refractivity contribution in [3.05, 3.63) is 0 Å². The third-order valence-electron chi connectivity index (χ3n) is 10.5. The summed E-state index contributed by atoms with van der Waals surface area (Å²) in [4.78, 5) is 38.5. The lowest BCUT2D eigenvalue weighted by molar-refractivity contribution is -0.161. The lowest BCUT2D eigenvalue weighted by Crippen LogP contribution is -2.46. The van der Waals surface area contributed by atoms with E-state index in [4.69, 9.17) is 34.5 Å². The van der Waals surface area contributed by atoms with Gasteiger partial charge in [0.05, 0.1) is 19.3 Å². The number of hydrogen-bond acceptors (Lipinski definition) is 13. The minimum atomic E-state index is -4.10. The summed E-state index contributed by atoms with van der Waals surface area (Å²) in [5.74, 6) is -1.01. The predicted molar refractivity (Wildman–Crippen MR) is 244 cm³/mol. The molecule has 3 unspecified atom stereocenters. The number of carbonyl (C=O) groups is 3. The standard InChI is InChI=1S/C45H92N5O9P/c1-4-6-8-10-12-14-16-18-20-22-24-30-43(51)56-39-41(59-44(52)31-25-23-21-19-17-15-13-11-9-7-5-2)40-58-60(54,55-3)57-38-37-50-45(53)42(49-36-28-33-47)29-26-34-48-35-27-32-46/h41-42,48-49H,4-40,46-47H2,1-3H3,(H,50,53). The maximum atomic E-state index is 13.4. The van der Waals surface area contributed by atoms with Gasteiger partial charge in [0.25, 0.3) is 0 Å². The molecule has 0 radical (unpaired) electrons. The average Bonchev–Trinajstić information content (AvgIpc) is 3.24. The Hall–Kier alpha value is -1.64. The average molecular weight is 878 g/mol. The van der Waals surface area contributed by atoms with Crippen LogP contribution in [-0.4, -0.2) is 96.2 Å². The van der Waals surface area contributed by atoms with Crippen LogP contribution in [0.1, 0.15) is 194 Å². The number of carbonyl (C=O) groups excluding carboxylic acids is 3. The largest absolute Gasteiger partial charge is 0.474 e. The highest BCUT2D eigenvalue weighted by Crippen LogP contribution is 2.48. The molecule has 0 fully saturated rings. The molecule has 0 aliphatic heterocycles. The van der Waals surface area contributed by atoms with E-state index in [0.717, 1.165) is 70.9 Å². The summed E-state index contributed by atoms with van der Waals surface area (Å²) >= 11 is 0. The van der Waals surface area contributed by atoms with E-state index in [2.05, 4.69) is 29.8 Å². The Bertz CT molecular complexity index is 1050. The Kier molecular flexibility index (Phi) is 42.8. The van der Waals surface area contributed by atoms with Crippen LogP contribution in [0.4, 0.5) is 0 Å². The minimum absolute atomic E-state index is 0.0629. The number of phosphoric acid groups is 1. The van der Waals surface area contributed by atoms with Crippen molar-refractivity contribution in [2.45, 2.75) is 206 Å². The quantitative estimate of drug-likeness (QED) is 0.0221. The Balaban J connectivity index is 4.94. The topological polar surface area (TPSA) is 203 Å². The van der Waals surface area contributed by atoms with Gasteiger partial charge in [-0.05, 0) is 71.2 Å². The minimum Gasteiger partial charge on any atom is -0.462 e. The molecule has 0 saturated heterocycles. The predicted octanol–water partition coefficient (Wildman–Crippen LogP) is 8.77. The SMILES string of the molecule is CCCCCCCCCCCCCC(=O)OCC(COP(=O)(OC)OCCNC(=O)C(CCCNCCCN)NCCCN)OC(=O)CCCCCCCCCCCCC. The first-order valence-corrected chi connectivity index (χ1v) is 25.6. The molecule has 356 valence electrons. The molecule has 0 spiro atoms. The van der Waals surface area contributed by atoms with Crippen LogP contribution in [0, 0.1) is 0 Å². The van der Waals surface area contributed by atoms with Crippen LogP contribution in [0.25, 0.3) is 0 Å². The molecule has 0 aliphatic rings. The second-order valence-corrected chi connectivity index (χ2v) is 17.9. The fourth-order valence-electron chi connectivity index (χ4n) is 6.75. The number of hydrogen-bond donors (Lipinski definition) is 5. The molecule has 1 amide bonds. The Morgan fingerprint density at radius 3 is 1.57 bits per heavy atom. The van der Waals surface area contributed by atoms with E-state index in [-0.39, 0.29) is 51.1 Å². The first-order valence-electron chi connectivity index (χ1n) is 24.2. The molecule has 0 bridgehead atoms. The van der Waals surface area contributed by atoms with Crippen LogP contribution in [-0.2, 0) is 42.0 Å². The van der Waals surface area contributed by atoms with Crippen LogP contribution >= 0.6 is 7.82 Å². The van der Waals surface area contributed by atoms with Crippen LogP contribution in [0.15, 0.2) is 0 Å². The summed E-state index contributed by atoms with van der Waals surface area (Å²) in [6, 6.07) is -0.420. The molecule has 15 heteroatoms. The number of phosphoric ester groups is 1. The number of nitrogens with two attached hydrogens (primary N) is 2. The van der Waals surface area contributed by atoms with E-state index < -0.39 is 25.9 Å². The lowest BCUT2D eigenvalue weighted by Gasteiger charge is -2.22. The summed E-state index contributed by atoms with van der Waals surface area (Å²) in [6.45, 7) is 7.14. The molecule has 0 heterocycles. The summed E-state index contributed by atoms with van der Waals surface area (Å²) < 4.78 is 40.7. The summed E-state index contributed by atoms with van der Waals surface area (Å²) in [7, 11) is -2.91. The zero-order valence-electron chi connectivity index (χ0n) is 38.6. The van der Waals surface area contributed by atoms with E-state index in [1.807, 2.05) is 0 Å². The first kappa shape index (κ1) is 58.4. The molecular weight excluding hydrogens is 785 g/mol. The molecule has 3 atom stereocenters. The monoisotopic (exact) mass is 878 g/mol. The molecular formula is C45H92N5O9P. The van der Waals surface area contributed by atoms with Gasteiger partial charge in [-0.25, -0.2) is 4.57 Å². The molecule has 0 saturated carbocycles. The van der Waals surface area contributed by atoms with E-state index in [0.29, 0.717) is 32.5 Å². The zero-order valence-corrected chi connectivity index (χ0v) is 39.5. The van der Waals surface area contributed by atoms with Gasteiger partial charge in [-0.1, -0.05) is 142 Å². The smallest absolute Gasteiger partial charge is 0.462 e. The van der Waals surface area contributed by atoms with Gasteiger partial charge in [0.2, 0.25) is 5.91 Å². The number of rotatable bonds is 47. The molecule has 0 aromatic rings. The highest BCUT2D eigenvalue weighted by atomic mass is 31.2. The van der Waals surface area contributed by atoms with Crippen molar-refractivity contribution in [2.24, 2.45) is 11.5 Å². The van der Waals surface area contributed by atoms with Crippen molar-refractivity contribution >= 4 is 25.7 Å². The second kappa shape index (κ2) is 44.0. The fraction of sp³-hybridized carbons (Fsp3) is 0.933. The lowest BCUT2D eigenvalue weighted by atomic mass is 10.1. The van der Waals surface area contributed by atoms with E-state index in [1.54, 1.807) is 0 Å². The zero-order chi connectivity index (χ0) is 44.2. The van der Waals surface area contributed by atoms with Crippen molar-refractivity contribution in [3.8, 4) is 0 Å². The number of unbranched alkanes of at least 4 members (excludes halogenated alkanes) is 20. The van der Waals surface area contributed by atoms with Gasteiger partial charge in [-0.2, -0.15) is 0 Å². The van der Waals surface area contributed by atoms with Gasteiger partial charge in [0.1, 0.15) is 6.61 Å². The molecule has 0 aliphatic carbocycles. The number of ether oxygens (including phenoxy) is 2. The molecule has 60 heavy (non-hydrogen) atoms. The van der Waals surface area contributed by atoms with Gasteiger partial charge in [-0.15, -0.1) is 0 Å². The summed E-state index contributed by atoms with van der Waals surface area (Å²) in [6.07, 6.45) is 28.4. The fourth-order valence-corrected chi connectivity index (χ4v) is 7.69. The van der Waals surface area contributed by atoms with Crippen molar-refractivity contribution in [2.75, 3.05) is 66.2 Å². The van der Waals surface area contributed by atoms with Crippen molar-refractivity contribution < 1.29 is 42.0 Å². The maximum Gasteiger partial charge on any atom is 0.474 e. The summed E-state index contributed by atoms with van der Waals surface area (Å²) in [5, 5.41) is 9.41. The first-order chi connectivity index (χ1) is 29.2. The van der Waals surface area contributed by atoms with E-state index in [9.17, 15) is 18.9 Å².